The second kappa shape index (κ2) is 2.88. The van der Waals surface area contributed by atoms with Gasteiger partial charge in [-0.2, -0.15) is 0 Å². The SMILES string of the molecule is CN(C(N)=O)C1CCNC1. The van der Waals surface area contributed by atoms with Crippen molar-refractivity contribution in [3.8, 4) is 0 Å². The number of hydrogen-bond acceptors (Lipinski definition) is 2. The topological polar surface area (TPSA) is 58.4 Å². The largest absolute Gasteiger partial charge is 0.351 e. The second-order valence-corrected chi connectivity index (χ2v) is 2.60. The van der Waals surface area contributed by atoms with Gasteiger partial charge < -0.3 is 16.0 Å². The summed E-state index contributed by atoms with van der Waals surface area (Å²) < 4.78 is 0. The quantitative estimate of drug-likeness (QED) is 0.513. The maximum Gasteiger partial charge on any atom is 0.314 e. The molecule has 2 amide bonds. The fourth-order valence-corrected chi connectivity index (χ4v) is 1.15. The average molecular weight is 143 g/mol. The average Bonchev–Trinajstić information content (AvgIpc) is 2.36. The number of rotatable bonds is 1. The number of nitrogens with two attached hydrogens (primary N) is 1. The lowest BCUT2D eigenvalue weighted by molar-refractivity contribution is 0.203. The van der Waals surface area contributed by atoms with Gasteiger partial charge in [0.2, 0.25) is 0 Å². The molecule has 58 valence electrons. The third-order valence-corrected chi connectivity index (χ3v) is 1.93. The predicted molar refractivity (Wildman–Crippen MR) is 38.6 cm³/mol. The van der Waals surface area contributed by atoms with E-state index in [1.165, 1.54) is 0 Å². The third kappa shape index (κ3) is 1.39. The molecule has 1 unspecified atom stereocenters. The Morgan fingerprint density at radius 3 is 2.90 bits per heavy atom. The molecule has 4 nitrogen and oxygen atoms in total. The Morgan fingerprint density at radius 1 is 1.80 bits per heavy atom. The molecule has 10 heavy (non-hydrogen) atoms. The number of amides is 2. The summed E-state index contributed by atoms with van der Waals surface area (Å²) in [6, 6.07) is -0.0359. The molecule has 0 bridgehead atoms. The van der Waals surface area contributed by atoms with Crippen LogP contribution in [0.4, 0.5) is 4.79 Å². The van der Waals surface area contributed by atoms with Gasteiger partial charge in [0.25, 0.3) is 0 Å². The van der Waals surface area contributed by atoms with E-state index in [1.54, 1.807) is 11.9 Å². The first-order chi connectivity index (χ1) is 4.72. The molecule has 0 aromatic carbocycles. The highest BCUT2D eigenvalue weighted by atomic mass is 16.2. The zero-order valence-electron chi connectivity index (χ0n) is 6.13. The van der Waals surface area contributed by atoms with Gasteiger partial charge in [-0.05, 0) is 13.0 Å². The second-order valence-electron chi connectivity index (χ2n) is 2.60. The summed E-state index contributed by atoms with van der Waals surface area (Å²) in [7, 11) is 1.74. The van der Waals surface area contributed by atoms with Gasteiger partial charge >= 0.3 is 6.03 Å². The number of carbonyl (C=O) groups excluding carboxylic acids is 1. The van der Waals surface area contributed by atoms with Crippen LogP contribution in [0.5, 0.6) is 0 Å². The number of primary amides is 1. The number of nitrogens with zero attached hydrogens (tertiary/aromatic N) is 1. The lowest BCUT2D eigenvalue weighted by Crippen LogP contribution is -2.41. The molecule has 1 heterocycles. The Balaban J connectivity index is 2.39. The Labute approximate surface area is 60.4 Å². The van der Waals surface area contributed by atoms with E-state index < -0.39 is 0 Å². The molecular weight excluding hydrogens is 130 g/mol. The van der Waals surface area contributed by atoms with Gasteiger partial charge in [0.05, 0.1) is 0 Å². The number of carbonyl (C=O) groups is 1. The monoisotopic (exact) mass is 143 g/mol. The molecule has 1 atom stereocenters. The van der Waals surface area contributed by atoms with Gasteiger partial charge in [0.15, 0.2) is 0 Å². The van der Waals surface area contributed by atoms with Crippen molar-refractivity contribution < 1.29 is 4.79 Å². The van der Waals surface area contributed by atoms with Crippen LogP contribution in [0.3, 0.4) is 0 Å². The van der Waals surface area contributed by atoms with Crippen LogP contribution in [-0.2, 0) is 0 Å². The standard InChI is InChI=1S/C6H13N3O/c1-9(6(7)10)5-2-3-8-4-5/h5,8H,2-4H2,1H3,(H2,7,10). The first-order valence-electron chi connectivity index (χ1n) is 3.45. The normalized spacial score (nSPS) is 24.7. The first-order valence-corrected chi connectivity index (χ1v) is 3.45. The van der Waals surface area contributed by atoms with Crippen LogP contribution in [-0.4, -0.2) is 37.1 Å². The van der Waals surface area contributed by atoms with Crippen molar-refractivity contribution in [2.24, 2.45) is 5.73 Å². The molecule has 0 aromatic rings. The summed E-state index contributed by atoms with van der Waals surface area (Å²) in [5.41, 5.74) is 5.08. The van der Waals surface area contributed by atoms with Crippen molar-refractivity contribution in [1.82, 2.24) is 10.2 Å². The first kappa shape index (κ1) is 7.34. The molecule has 1 fully saturated rings. The van der Waals surface area contributed by atoms with E-state index in [2.05, 4.69) is 5.32 Å². The summed E-state index contributed by atoms with van der Waals surface area (Å²) in [5.74, 6) is 0. The lowest BCUT2D eigenvalue weighted by atomic mass is 10.2. The fourth-order valence-electron chi connectivity index (χ4n) is 1.15. The van der Waals surface area contributed by atoms with Gasteiger partial charge in [0.1, 0.15) is 0 Å². The van der Waals surface area contributed by atoms with Crippen LogP contribution in [0.15, 0.2) is 0 Å². The third-order valence-electron chi connectivity index (χ3n) is 1.93. The Kier molecular flexibility index (Phi) is 2.11. The van der Waals surface area contributed by atoms with Crippen LogP contribution < -0.4 is 11.1 Å². The molecule has 4 heteroatoms. The fraction of sp³-hybridized carbons (Fsp3) is 0.833. The van der Waals surface area contributed by atoms with Crippen molar-refractivity contribution in [1.29, 1.82) is 0 Å². The molecular formula is C6H13N3O. The van der Waals surface area contributed by atoms with E-state index in [9.17, 15) is 4.79 Å². The van der Waals surface area contributed by atoms with Gasteiger partial charge in [0, 0.05) is 19.6 Å². The molecule has 1 saturated heterocycles. The maximum atomic E-state index is 10.6. The predicted octanol–water partition coefficient (Wildman–Crippen LogP) is -0.641. The Hall–Kier alpha value is -0.770. The van der Waals surface area contributed by atoms with Crippen LogP contribution >= 0.6 is 0 Å². The van der Waals surface area contributed by atoms with Crippen molar-refractivity contribution >= 4 is 6.03 Å². The minimum absolute atomic E-state index is 0.303. The van der Waals surface area contributed by atoms with Crippen molar-refractivity contribution in [2.45, 2.75) is 12.5 Å². The highest BCUT2D eigenvalue weighted by Crippen LogP contribution is 2.04. The molecule has 3 N–H and O–H groups in total. The molecule has 0 spiro atoms. The molecule has 0 aliphatic carbocycles. The van der Waals surface area contributed by atoms with E-state index in [1.807, 2.05) is 0 Å². The van der Waals surface area contributed by atoms with Crippen LogP contribution in [0, 0.1) is 0 Å². The minimum Gasteiger partial charge on any atom is -0.351 e. The van der Waals surface area contributed by atoms with Gasteiger partial charge in [-0.1, -0.05) is 0 Å². The summed E-state index contributed by atoms with van der Waals surface area (Å²) >= 11 is 0. The van der Waals surface area contributed by atoms with Crippen molar-refractivity contribution in [3.05, 3.63) is 0 Å². The van der Waals surface area contributed by atoms with Gasteiger partial charge in [-0.15, -0.1) is 0 Å². The highest BCUT2D eigenvalue weighted by molar-refractivity contribution is 5.72. The number of hydrogen-bond donors (Lipinski definition) is 2. The molecule has 1 aliphatic rings. The van der Waals surface area contributed by atoms with E-state index in [-0.39, 0.29) is 6.03 Å². The smallest absolute Gasteiger partial charge is 0.314 e. The van der Waals surface area contributed by atoms with Crippen LogP contribution in [0.1, 0.15) is 6.42 Å². The van der Waals surface area contributed by atoms with Crippen LogP contribution in [0.2, 0.25) is 0 Å². The summed E-state index contributed by atoms with van der Waals surface area (Å²) in [4.78, 5) is 12.2. The van der Waals surface area contributed by atoms with E-state index >= 15 is 0 Å². The maximum absolute atomic E-state index is 10.6. The minimum atomic E-state index is -0.339. The van der Waals surface area contributed by atoms with E-state index in [0.29, 0.717) is 6.04 Å². The van der Waals surface area contributed by atoms with Gasteiger partial charge in [-0.25, -0.2) is 4.79 Å². The summed E-state index contributed by atoms with van der Waals surface area (Å²) in [5, 5.41) is 3.16. The zero-order valence-corrected chi connectivity index (χ0v) is 6.13. The zero-order chi connectivity index (χ0) is 7.56. The van der Waals surface area contributed by atoms with E-state index in [0.717, 1.165) is 19.5 Å². The number of urea groups is 1. The molecule has 0 aromatic heterocycles. The number of nitrogens with one attached hydrogen (secondary N) is 1. The Bertz CT molecular complexity index is 131. The molecule has 0 radical (unpaired) electrons. The van der Waals surface area contributed by atoms with Crippen molar-refractivity contribution in [3.63, 3.8) is 0 Å². The molecule has 1 aliphatic heterocycles. The highest BCUT2D eigenvalue weighted by Gasteiger charge is 2.20. The summed E-state index contributed by atoms with van der Waals surface area (Å²) in [6.07, 6.45) is 1.01. The lowest BCUT2D eigenvalue weighted by Gasteiger charge is -2.20. The van der Waals surface area contributed by atoms with Gasteiger partial charge in [-0.3, -0.25) is 0 Å². The van der Waals surface area contributed by atoms with Crippen molar-refractivity contribution in [2.75, 3.05) is 20.1 Å². The van der Waals surface area contributed by atoms with Crippen LogP contribution in [0.25, 0.3) is 0 Å². The summed E-state index contributed by atoms with van der Waals surface area (Å²) in [6.45, 7) is 1.86. The Morgan fingerprint density at radius 2 is 2.50 bits per heavy atom. The molecule has 0 saturated carbocycles. The molecule has 1 rings (SSSR count). The number of likely N-dealkylation sites (N-methyl/N-ethyl adjacent to an activating group) is 1. The van der Waals surface area contributed by atoms with E-state index in [4.69, 9.17) is 5.73 Å².